The van der Waals surface area contributed by atoms with Gasteiger partial charge in [-0.05, 0) is 43.4 Å². The van der Waals surface area contributed by atoms with Gasteiger partial charge in [-0.1, -0.05) is 0 Å². The molecule has 110 valence electrons. The van der Waals surface area contributed by atoms with Gasteiger partial charge in [0.1, 0.15) is 11.8 Å². The highest BCUT2D eigenvalue weighted by Crippen LogP contribution is 2.60. The Morgan fingerprint density at radius 1 is 1.19 bits per heavy atom. The summed E-state index contributed by atoms with van der Waals surface area (Å²) in [5, 5.41) is 12.9. The SMILES string of the molecule is OC[C@H]1C[C@@H](n2cnc3c(NC4CC4)ncnc32)[C@@H]2C[C@H]12. The van der Waals surface area contributed by atoms with Crippen LogP contribution in [0.2, 0.25) is 0 Å². The summed E-state index contributed by atoms with van der Waals surface area (Å²) in [6.07, 6.45) is 8.28. The molecule has 0 spiro atoms. The first kappa shape index (κ1) is 11.9. The van der Waals surface area contributed by atoms with Crippen LogP contribution in [0.4, 0.5) is 5.82 Å². The van der Waals surface area contributed by atoms with E-state index < -0.39 is 0 Å². The van der Waals surface area contributed by atoms with Gasteiger partial charge >= 0.3 is 0 Å². The monoisotopic (exact) mass is 285 g/mol. The van der Waals surface area contributed by atoms with E-state index in [0.29, 0.717) is 36.4 Å². The third kappa shape index (κ3) is 1.78. The van der Waals surface area contributed by atoms with Gasteiger partial charge in [-0.3, -0.25) is 0 Å². The molecule has 0 unspecified atom stereocenters. The number of fused-ring (bicyclic) bond motifs is 2. The van der Waals surface area contributed by atoms with Gasteiger partial charge in [0.15, 0.2) is 11.5 Å². The molecule has 2 aromatic rings. The first-order valence-corrected chi connectivity index (χ1v) is 7.90. The summed E-state index contributed by atoms with van der Waals surface area (Å²) < 4.78 is 2.22. The minimum absolute atomic E-state index is 0.313. The second-order valence-electron chi connectivity index (χ2n) is 6.77. The molecular formula is C15H19N5O. The molecule has 0 amide bonds. The van der Waals surface area contributed by atoms with Crippen LogP contribution in [0, 0.1) is 17.8 Å². The molecule has 2 N–H and O–H groups in total. The minimum atomic E-state index is 0.313. The fourth-order valence-electron chi connectivity index (χ4n) is 4.03. The Labute approximate surface area is 122 Å². The van der Waals surface area contributed by atoms with E-state index in [4.69, 9.17) is 0 Å². The van der Waals surface area contributed by atoms with E-state index in [0.717, 1.165) is 23.4 Å². The average molecular weight is 285 g/mol. The van der Waals surface area contributed by atoms with E-state index in [-0.39, 0.29) is 0 Å². The third-order valence-corrected chi connectivity index (χ3v) is 5.40. The van der Waals surface area contributed by atoms with Gasteiger partial charge in [-0.2, -0.15) is 0 Å². The molecule has 0 bridgehead atoms. The Hall–Kier alpha value is -1.69. The highest BCUT2D eigenvalue weighted by atomic mass is 16.3. The van der Waals surface area contributed by atoms with Crippen LogP contribution in [0.5, 0.6) is 0 Å². The number of aromatic nitrogens is 4. The normalized spacial score (nSPS) is 34.1. The van der Waals surface area contributed by atoms with Crippen molar-refractivity contribution in [1.82, 2.24) is 19.5 Å². The number of hydrogen-bond acceptors (Lipinski definition) is 5. The van der Waals surface area contributed by atoms with Crippen LogP contribution in [0.15, 0.2) is 12.7 Å². The fraction of sp³-hybridized carbons (Fsp3) is 0.667. The molecule has 3 aliphatic carbocycles. The molecule has 0 aliphatic heterocycles. The topological polar surface area (TPSA) is 75.9 Å². The van der Waals surface area contributed by atoms with Crippen LogP contribution in [0.1, 0.15) is 31.7 Å². The number of anilines is 1. The maximum atomic E-state index is 9.48. The molecule has 2 aromatic heterocycles. The highest BCUT2D eigenvalue weighted by Gasteiger charge is 2.54. The number of aliphatic hydroxyl groups excluding tert-OH is 1. The summed E-state index contributed by atoms with van der Waals surface area (Å²) in [4.78, 5) is 13.4. The summed E-state index contributed by atoms with van der Waals surface area (Å²) in [7, 11) is 0. The molecule has 3 aliphatic rings. The van der Waals surface area contributed by atoms with Crippen molar-refractivity contribution in [2.45, 2.75) is 37.8 Å². The smallest absolute Gasteiger partial charge is 0.165 e. The van der Waals surface area contributed by atoms with Gasteiger partial charge in [0.25, 0.3) is 0 Å². The van der Waals surface area contributed by atoms with E-state index >= 15 is 0 Å². The summed E-state index contributed by atoms with van der Waals surface area (Å²) in [5.41, 5.74) is 1.82. The first-order chi connectivity index (χ1) is 10.3. The maximum Gasteiger partial charge on any atom is 0.165 e. The lowest BCUT2D eigenvalue weighted by atomic mass is 10.0. The van der Waals surface area contributed by atoms with Crippen LogP contribution in [0.25, 0.3) is 11.2 Å². The van der Waals surface area contributed by atoms with Crippen molar-refractivity contribution in [1.29, 1.82) is 0 Å². The lowest BCUT2D eigenvalue weighted by molar-refractivity contribution is 0.208. The Kier molecular flexibility index (Phi) is 2.36. The van der Waals surface area contributed by atoms with Gasteiger partial charge in [0.2, 0.25) is 0 Å². The molecule has 3 fully saturated rings. The summed E-state index contributed by atoms with van der Waals surface area (Å²) in [6, 6.07) is 1.01. The van der Waals surface area contributed by atoms with Crippen molar-refractivity contribution in [3.05, 3.63) is 12.7 Å². The number of hydrogen-bond donors (Lipinski definition) is 2. The van der Waals surface area contributed by atoms with Crippen LogP contribution >= 0.6 is 0 Å². The van der Waals surface area contributed by atoms with Crippen molar-refractivity contribution >= 4 is 17.0 Å². The molecule has 21 heavy (non-hydrogen) atoms. The number of nitrogens with zero attached hydrogens (tertiary/aromatic N) is 4. The standard InChI is InChI=1S/C15H19N5O/c21-5-8-3-12(11-4-10(8)11)20-7-18-13-14(19-9-1-2-9)16-6-17-15(13)20/h6-12,21H,1-5H2,(H,16,17,19)/t8-,10-,11-,12-/m1/s1. The van der Waals surface area contributed by atoms with Crippen molar-refractivity contribution in [2.24, 2.45) is 17.8 Å². The highest BCUT2D eigenvalue weighted by molar-refractivity contribution is 5.83. The number of imidazole rings is 1. The lowest BCUT2D eigenvalue weighted by Gasteiger charge is -2.16. The number of nitrogens with one attached hydrogen (secondary N) is 1. The Balaban J connectivity index is 1.52. The van der Waals surface area contributed by atoms with E-state index in [1.54, 1.807) is 6.33 Å². The zero-order valence-electron chi connectivity index (χ0n) is 11.8. The Morgan fingerprint density at radius 3 is 2.86 bits per heavy atom. The van der Waals surface area contributed by atoms with Gasteiger partial charge in [0.05, 0.1) is 6.33 Å². The molecule has 3 saturated carbocycles. The molecule has 0 radical (unpaired) electrons. The minimum Gasteiger partial charge on any atom is -0.396 e. The maximum absolute atomic E-state index is 9.48. The fourth-order valence-corrected chi connectivity index (χ4v) is 4.03. The summed E-state index contributed by atoms with van der Waals surface area (Å²) >= 11 is 0. The second kappa shape index (κ2) is 4.16. The molecule has 6 nitrogen and oxygen atoms in total. The van der Waals surface area contributed by atoms with Crippen LogP contribution < -0.4 is 5.32 Å². The van der Waals surface area contributed by atoms with Crippen molar-refractivity contribution in [3.8, 4) is 0 Å². The number of aliphatic hydroxyl groups is 1. The molecule has 5 rings (SSSR count). The van der Waals surface area contributed by atoms with Gasteiger partial charge < -0.3 is 15.0 Å². The molecular weight excluding hydrogens is 266 g/mol. The third-order valence-electron chi connectivity index (χ3n) is 5.40. The average Bonchev–Trinajstić information content (AvgIpc) is 3.40. The van der Waals surface area contributed by atoms with Gasteiger partial charge in [-0.15, -0.1) is 0 Å². The Bertz CT molecular complexity index is 694. The van der Waals surface area contributed by atoms with Gasteiger partial charge in [0, 0.05) is 18.7 Å². The zero-order chi connectivity index (χ0) is 14.0. The van der Waals surface area contributed by atoms with Crippen molar-refractivity contribution < 1.29 is 5.11 Å². The predicted octanol–water partition coefficient (Wildman–Crippen LogP) is 1.59. The van der Waals surface area contributed by atoms with Crippen LogP contribution in [-0.2, 0) is 0 Å². The van der Waals surface area contributed by atoms with E-state index in [2.05, 4.69) is 24.8 Å². The quantitative estimate of drug-likeness (QED) is 0.892. The van der Waals surface area contributed by atoms with E-state index in [9.17, 15) is 5.11 Å². The molecule has 6 heteroatoms. The lowest BCUT2D eigenvalue weighted by Crippen LogP contribution is -2.12. The molecule has 2 heterocycles. The Morgan fingerprint density at radius 2 is 2.10 bits per heavy atom. The zero-order valence-corrected chi connectivity index (χ0v) is 11.8. The predicted molar refractivity (Wildman–Crippen MR) is 77.8 cm³/mol. The van der Waals surface area contributed by atoms with Crippen molar-refractivity contribution in [3.63, 3.8) is 0 Å². The first-order valence-electron chi connectivity index (χ1n) is 7.90. The summed E-state index contributed by atoms with van der Waals surface area (Å²) in [5.74, 6) is 2.74. The van der Waals surface area contributed by atoms with Crippen LogP contribution in [-0.4, -0.2) is 37.3 Å². The number of rotatable bonds is 4. The molecule has 4 atom stereocenters. The molecule has 0 aromatic carbocycles. The molecule has 0 saturated heterocycles. The van der Waals surface area contributed by atoms with E-state index in [1.807, 2.05) is 6.33 Å². The largest absolute Gasteiger partial charge is 0.396 e. The van der Waals surface area contributed by atoms with Crippen molar-refractivity contribution in [2.75, 3.05) is 11.9 Å². The van der Waals surface area contributed by atoms with Gasteiger partial charge in [-0.25, -0.2) is 15.0 Å². The second-order valence-corrected chi connectivity index (χ2v) is 6.77. The van der Waals surface area contributed by atoms with E-state index in [1.165, 1.54) is 19.3 Å². The van der Waals surface area contributed by atoms with Crippen LogP contribution in [0.3, 0.4) is 0 Å². The summed E-state index contributed by atoms with van der Waals surface area (Å²) in [6.45, 7) is 0.313.